The first-order valence-corrected chi connectivity index (χ1v) is 8.72. The third-order valence-electron chi connectivity index (χ3n) is 3.19. The molecule has 1 saturated carbocycles. The van der Waals surface area contributed by atoms with Gasteiger partial charge in [0.2, 0.25) is 0 Å². The Morgan fingerprint density at radius 3 is 2.89 bits per heavy atom. The normalized spacial score (nSPS) is 15.0. The molecule has 0 heterocycles. The highest BCUT2D eigenvalue weighted by Crippen LogP contribution is 2.28. The maximum Gasteiger partial charge on any atom is 0.0219 e. The van der Waals surface area contributed by atoms with Gasteiger partial charge < -0.3 is 5.32 Å². The lowest BCUT2D eigenvalue weighted by atomic mass is 10.2. The number of benzene rings is 1. The summed E-state index contributed by atoms with van der Waals surface area (Å²) < 4.78 is 1.19. The van der Waals surface area contributed by atoms with Crippen LogP contribution in [0.5, 0.6) is 0 Å². The summed E-state index contributed by atoms with van der Waals surface area (Å²) in [4.78, 5) is 1.45. The van der Waals surface area contributed by atoms with Gasteiger partial charge in [0.15, 0.2) is 0 Å². The molecule has 18 heavy (non-hydrogen) atoms. The molecule has 1 aliphatic carbocycles. The van der Waals surface area contributed by atoms with Crippen LogP contribution in [0, 0.1) is 0 Å². The highest BCUT2D eigenvalue weighted by atomic mass is 79.9. The van der Waals surface area contributed by atoms with E-state index in [1.807, 2.05) is 11.8 Å². The molecular formula is C15H22BrNS. The zero-order chi connectivity index (χ0) is 12.8. The quantitative estimate of drug-likeness (QED) is 0.533. The summed E-state index contributed by atoms with van der Waals surface area (Å²) in [5, 5.41) is 3.61. The maximum absolute atomic E-state index is 3.61. The Labute approximate surface area is 123 Å². The molecule has 0 bridgehead atoms. The number of thioether (sulfide) groups is 1. The van der Waals surface area contributed by atoms with Gasteiger partial charge in [-0.1, -0.05) is 35.7 Å². The fourth-order valence-electron chi connectivity index (χ4n) is 1.90. The number of halogens is 1. The number of unbranched alkanes of at least 4 members (excludes halogenated alkanes) is 2. The zero-order valence-electron chi connectivity index (χ0n) is 11.0. The lowest BCUT2D eigenvalue weighted by Crippen LogP contribution is -2.15. The van der Waals surface area contributed by atoms with E-state index in [1.165, 1.54) is 52.8 Å². The number of hydrogen-bond donors (Lipinski definition) is 1. The minimum atomic E-state index is 0.780. The second kappa shape index (κ2) is 7.56. The Hall–Kier alpha value is 0.01000. The summed E-state index contributed by atoms with van der Waals surface area (Å²) in [6.07, 6.45) is 6.68. The van der Waals surface area contributed by atoms with Crippen LogP contribution in [0.3, 0.4) is 0 Å². The van der Waals surface area contributed by atoms with Crippen LogP contribution in [0.4, 0.5) is 0 Å². The van der Waals surface area contributed by atoms with E-state index in [2.05, 4.69) is 46.4 Å². The summed E-state index contributed by atoms with van der Waals surface area (Å²) in [6.45, 7) is 3.27. The van der Waals surface area contributed by atoms with Crippen LogP contribution < -0.4 is 5.32 Å². The molecule has 3 heteroatoms. The van der Waals surface area contributed by atoms with Crippen LogP contribution >= 0.6 is 27.7 Å². The van der Waals surface area contributed by atoms with Crippen molar-refractivity contribution in [3.05, 3.63) is 28.2 Å². The van der Waals surface area contributed by atoms with Crippen molar-refractivity contribution in [2.45, 2.75) is 56.5 Å². The SMILES string of the molecule is CCCCCSc1ccc(Br)cc1CNC1CC1. The van der Waals surface area contributed by atoms with E-state index in [0.717, 1.165) is 12.6 Å². The van der Waals surface area contributed by atoms with Gasteiger partial charge in [0.1, 0.15) is 0 Å². The molecule has 1 fully saturated rings. The van der Waals surface area contributed by atoms with Gasteiger partial charge in [-0.05, 0) is 48.8 Å². The van der Waals surface area contributed by atoms with E-state index in [4.69, 9.17) is 0 Å². The molecule has 0 unspecified atom stereocenters. The van der Waals surface area contributed by atoms with E-state index in [-0.39, 0.29) is 0 Å². The molecule has 1 N–H and O–H groups in total. The molecule has 1 aromatic rings. The predicted octanol–water partition coefficient (Wildman–Crippen LogP) is 4.98. The van der Waals surface area contributed by atoms with E-state index < -0.39 is 0 Å². The highest BCUT2D eigenvalue weighted by Gasteiger charge is 2.20. The lowest BCUT2D eigenvalue weighted by Gasteiger charge is -2.10. The second-order valence-corrected chi connectivity index (χ2v) is 7.02. The van der Waals surface area contributed by atoms with Crippen molar-refractivity contribution in [2.75, 3.05) is 5.75 Å². The molecule has 2 rings (SSSR count). The molecule has 100 valence electrons. The van der Waals surface area contributed by atoms with Gasteiger partial charge in [-0.25, -0.2) is 0 Å². The Kier molecular flexibility index (Phi) is 6.06. The van der Waals surface area contributed by atoms with Crippen LogP contribution in [-0.2, 0) is 6.54 Å². The number of hydrogen-bond acceptors (Lipinski definition) is 2. The van der Waals surface area contributed by atoms with Crippen molar-refractivity contribution >= 4 is 27.7 Å². The zero-order valence-corrected chi connectivity index (χ0v) is 13.4. The number of rotatable bonds is 8. The van der Waals surface area contributed by atoms with Crippen LogP contribution in [0.2, 0.25) is 0 Å². The first kappa shape index (κ1) is 14.4. The van der Waals surface area contributed by atoms with Gasteiger partial charge in [0.25, 0.3) is 0 Å². The van der Waals surface area contributed by atoms with Crippen LogP contribution in [0.25, 0.3) is 0 Å². The van der Waals surface area contributed by atoms with Crippen molar-refractivity contribution < 1.29 is 0 Å². The van der Waals surface area contributed by atoms with E-state index in [1.54, 1.807) is 0 Å². The maximum atomic E-state index is 3.61. The van der Waals surface area contributed by atoms with Crippen molar-refractivity contribution in [3.8, 4) is 0 Å². The van der Waals surface area contributed by atoms with Crippen molar-refractivity contribution in [1.29, 1.82) is 0 Å². The molecule has 1 nitrogen and oxygen atoms in total. The van der Waals surface area contributed by atoms with Gasteiger partial charge in [-0.3, -0.25) is 0 Å². The average Bonchev–Trinajstić information content (AvgIpc) is 3.18. The first-order valence-electron chi connectivity index (χ1n) is 6.94. The molecule has 0 aliphatic heterocycles. The molecule has 0 amide bonds. The fraction of sp³-hybridized carbons (Fsp3) is 0.600. The van der Waals surface area contributed by atoms with Crippen molar-refractivity contribution in [3.63, 3.8) is 0 Å². The van der Waals surface area contributed by atoms with Crippen LogP contribution in [0.15, 0.2) is 27.6 Å². The topological polar surface area (TPSA) is 12.0 Å². The average molecular weight is 328 g/mol. The summed E-state index contributed by atoms with van der Waals surface area (Å²) in [6, 6.07) is 7.45. The minimum absolute atomic E-state index is 0.780. The molecule has 0 atom stereocenters. The van der Waals surface area contributed by atoms with Crippen molar-refractivity contribution in [2.24, 2.45) is 0 Å². The van der Waals surface area contributed by atoms with Crippen LogP contribution in [0.1, 0.15) is 44.6 Å². The Bertz CT molecular complexity index is 377. The predicted molar refractivity (Wildman–Crippen MR) is 84.3 cm³/mol. The van der Waals surface area contributed by atoms with E-state index >= 15 is 0 Å². The minimum Gasteiger partial charge on any atom is -0.310 e. The van der Waals surface area contributed by atoms with E-state index in [9.17, 15) is 0 Å². The summed E-state index contributed by atoms with van der Waals surface area (Å²) in [5.41, 5.74) is 1.44. The van der Waals surface area contributed by atoms with Gasteiger partial charge in [0.05, 0.1) is 0 Å². The largest absolute Gasteiger partial charge is 0.310 e. The molecule has 1 aliphatic rings. The monoisotopic (exact) mass is 327 g/mol. The number of nitrogens with one attached hydrogen (secondary N) is 1. The van der Waals surface area contributed by atoms with Gasteiger partial charge in [-0.2, -0.15) is 0 Å². The Morgan fingerprint density at radius 2 is 2.17 bits per heavy atom. The van der Waals surface area contributed by atoms with Gasteiger partial charge in [-0.15, -0.1) is 11.8 Å². The van der Waals surface area contributed by atoms with Crippen LogP contribution in [-0.4, -0.2) is 11.8 Å². The fourth-order valence-corrected chi connectivity index (χ4v) is 3.36. The smallest absolute Gasteiger partial charge is 0.0219 e. The van der Waals surface area contributed by atoms with Gasteiger partial charge >= 0.3 is 0 Å². The molecule has 0 saturated heterocycles. The second-order valence-electron chi connectivity index (χ2n) is 4.96. The third kappa shape index (κ3) is 4.94. The lowest BCUT2D eigenvalue weighted by molar-refractivity contribution is 0.680. The summed E-state index contributed by atoms with van der Waals surface area (Å²) in [5.74, 6) is 1.24. The Morgan fingerprint density at radius 1 is 1.33 bits per heavy atom. The third-order valence-corrected chi connectivity index (χ3v) is 4.88. The highest BCUT2D eigenvalue weighted by molar-refractivity contribution is 9.10. The Balaban J connectivity index is 1.88. The van der Waals surface area contributed by atoms with E-state index in [0.29, 0.717) is 0 Å². The first-order chi connectivity index (χ1) is 8.79. The van der Waals surface area contributed by atoms with Gasteiger partial charge in [0, 0.05) is 22.0 Å². The molecule has 0 spiro atoms. The van der Waals surface area contributed by atoms with Crippen molar-refractivity contribution in [1.82, 2.24) is 5.32 Å². The molecule has 0 aromatic heterocycles. The molecule has 0 radical (unpaired) electrons. The summed E-state index contributed by atoms with van der Waals surface area (Å²) >= 11 is 5.58. The summed E-state index contributed by atoms with van der Waals surface area (Å²) in [7, 11) is 0. The molecule has 1 aromatic carbocycles. The standard InChI is InChI=1S/C15H22BrNS/c1-2-3-4-9-18-15-8-5-13(16)10-12(15)11-17-14-6-7-14/h5,8,10,14,17H,2-4,6-7,9,11H2,1H3. The molecular weight excluding hydrogens is 306 g/mol.